The van der Waals surface area contributed by atoms with Gasteiger partial charge in [-0.25, -0.2) is 4.79 Å². The molecule has 1 aliphatic heterocycles. The average molecular weight is 352 g/mol. The summed E-state index contributed by atoms with van der Waals surface area (Å²) in [6.07, 6.45) is 1.27. The Hall–Kier alpha value is -2.82. The van der Waals surface area contributed by atoms with E-state index < -0.39 is 12.0 Å². The van der Waals surface area contributed by atoms with Crippen LogP contribution in [0.2, 0.25) is 0 Å². The van der Waals surface area contributed by atoms with E-state index in [4.69, 9.17) is 0 Å². The third-order valence-electron chi connectivity index (χ3n) is 4.88. The highest BCUT2D eigenvalue weighted by molar-refractivity contribution is 5.97. The molecule has 1 aliphatic rings. The Labute approximate surface area is 153 Å². The first-order valence-corrected chi connectivity index (χ1v) is 9.03. The van der Waals surface area contributed by atoms with Crippen LogP contribution in [0, 0.1) is 0 Å². The number of carboxylic acid groups (broad SMARTS) is 1. The van der Waals surface area contributed by atoms with Crippen molar-refractivity contribution in [2.45, 2.75) is 32.4 Å². The lowest BCUT2D eigenvalue weighted by Crippen LogP contribution is -2.40. The highest BCUT2D eigenvalue weighted by atomic mass is 16.4. The number of nitrogens with zero attached hydrogens (tertiary/aromatic N) is 2. The molecule has 0 aliphatic carbocycles. The molecule has 1 amide bonds. The molecule has 0 bridgehead atoms. The van der Waals surface area contributed by atoms with Crippen molar-refractivity contribution >= 4 is 17.6 Å². The Morgan fingerprint density at radius 3 is 2.42 bits per heavy atom. The zero-order valence-corrected chi connectivity index (χ0v) is 15.0. The van der Waals surface area contributed by atoms with Gasteiger partial charge in [-0.2, -0.15) is 0 Å². The van der Waals surface area contributed by atoms with Gasteiger partial charge in [-0.3, -0.25) is 4.79 Å². The summed E-state index contributed by atoms with van der Waals surface area (Å²) in [4.78, 5) is 27.7. The maximum absolute atomic E-state index is 12.7. The first-order valence-electron chi connectivity index (χ1n) is 9.03. The van der Waals surface area contributed by atoms with E-state index in [9.17, 15) is 14.7 Å². The SMILES string of the molecule is CCN(Cc1ccccc1)c1ccc(C(=O)N2CCC[C@H]2C(=O)O)cc1. The lowest BCUT2D eigenvalue weighted by atomic mass is 10.1. The van der Waals surface area contributed by atoms with Crippen LogP contribution in [0.25, 0.3) is 0 Å². The molecular weight excluding hydrogens is 328 g/mol. The van der Waals surface area contributed by atoms with E-state index in [1.165, 1.54) is 10.5 Å². The molecule has 5 heteroatoms. The number of hydrogen-bond acceptors (Lipinski definition) is 3. The predicted octanol–water partition coefficient (Wildman–Crippen LogP) is 3.40. The third kappa shape index (κ3) is 3.87. The number of aliphatic carboxylic acids is 1. The van der Waals surface area contributed by atoms with E-state index in [0.717, 1.165) is 25.2 Å². The van der Waals surface area contributed by atoms with Crippen LogP contribution in [-0.2, 0) is 11.3 Å². The molecule has 3 rings (SSSR count). The first kappa shape index (κ1) is 18.0. The molecular formula is C21H24N2O3. The van der Waals surface area contributed by atoms with Crippen molar-refractivity contribution in [3.63, 3.8) is 0 Å². The van der Waals surface area contributed by atoms with Crippen molar-refractivity contribution in [3.05, 3.63) is 65.7 Å². The molecule has 0 saturated carbocycles. The highest BCUT2D eigenvalue weighted by Gasteiger charge is 2.34. The maximum Gasteiger partial charge on any atom is 0.326 e. The molecule has 0 aromatic heterocycles. The third-order valence-corrected chi connectivity index (χ3v) is 4.88. The van der Waals surface area contributed by atoms with Gasteiger partial charge >= 0.3 is 5.97 Å². The van der Waals surface area contributed by atoms with E-state index in [-0.39, 0.29) is 5.91 Å². The number of carboxylic acids is 1. The van der Waals surface area contributed by atoms with Crippen LogP contribution in [0.3, 0.4) is 0 Å². The summed E-state index contributed by atoms with van der Waals surface area (Å²) in [6, 6.07) is 17.0. The number of benzene rings is 2. The van der Waals surface area contributed by atoms with Crippen LogP contribution < -0.4 is 4.90 Å². The Morgan fingerprint density at radius 2 is 1.81 bits per heavy atom. The lowest BCUT2D eigenvalue weighted by molar-refractivity contribution is -0.141. The van der Waals surface area contributed by atoms with Crippen molar-refractivity contribution < 1.29 is 14.7 Å². The lowest BCUT2D eigenvalue weighted by Gasteiger charge is -2.24. The van der Waals surface area contributed by atoms with Gasteiger partial charge in [0.2, 0.25) is 0 Å². The molecule has 1 heterocycles. The Bertz CT molecular complexity index is 759. The van der Waals surface area contributed by atoms with Crippen LogP contribution in [-0.4, -0.2) is 41.0 Å². The van der Waals surface area contributed by atoms with E-state index in [2.05, 4.69) is 24.0 Å². The van der Waals surface area contributed by atoms with Crippen LogP contribution >= 0.6 is 0 Å². The zero-order chi connectivity index (χ0) is 18.5. The summed E-state index contributed by atoms with van der Waals surface area (Å²) < 4.78 is 0. The smallest absolute Gasteiger partial charge is 0.326 e. The molecule has 1 N–H and O–H groups in total. The number of anilines is 1. The molecule has 0 unspecified atom stereocenters. The van der Waals surface area contributed by atoms with Crippen molar-refractivity contribution in [3.8, 4) is 0 Å². The molecule has 1 fully saturated rings. The summed E-state index contributed by atoms with van der Waals surface area (Å²) in [5.41, 5.74) is 2.82. The summed E-state index contributed by atoms with van der Waals surface area (Å²) >= 11 is 0. The number of likely N-dealkylation sites (tertiary alicyclic amines) is 1. The van der Waals surface area contributed by atoms with Gasteiger partial charge in [0.1, 0.15) is 6.04 Å². The number of carbonyl (C=O) groups excluding carboxylic acids is 1. The standard InChI is InChI=1S/C21H24N2O3/c1-2-22(15-16-7-4-3-5-8-16)18-12-10-17(11-13-18)20(24)23-14-6-9-19(23)21(25)26/h3-5,7-8,10-13,19H,2,6,9,14-15H2,1H3,(H,25,26)/t19-/m0/s1. The van der Waals surface area contributed by atoms with Crippen LogP contribution in [0.15, 0.2) is 54.6 Å². The molecule has 2 aromatic rings. The molecule has 136 valence electrons. The molecule has 5 nitrogen and oxygen atoms in total. The fourth-order valence-corrected chi connectivity index (χ4v) is 3.44. The van der Waals surface area contributed by atoms with Gasteiger partial charge in [-0.15, -0.1) is 0 Å². The topological polar surface area (TPSA) is 60.9 Å². The van der Waals surface area contributed by atoms with E-state index in [1.54, 1.807) is 12.1 Å². The van der Waals surface area contributed by atoms with Gasteiger partial charge in [0.05, 0.1) is 0 Å². The van der Waals surface area contributed by atoms with E-state index >= 15 is 0 Å². The Balaban J connectivity index is 1.73. The summed E-state index contributed by atoms with van der Waals surface area (Å²) in [7, 11) is 0. The number of amides is 1. The van der Waals surface area contributed by atoms with Crippen LogP contribution in [0.4, 0.5) is 5.69 Å². The van der Waals surface area contributed by atoms with Gasteiger partial charge < -0.3 is 14.9 Å². The minimum atomic E-state index is -0.924. The largest absolute Gasteiger partial charge is 0.480 e. The second kappa shape index (κ2) is 8.04. The number of carbonyl (C=O) groups is 2. The quantitative estimate of drug-likeness (QED) is 0.865. The summed E-state index contributed by atoms with van der Waals surface area (Å²) in [5.74, 6) is -1.12. The molecule has 1 atom stereocenters. The minimum absolute atomic E-state index is 0.201. The first-order chi connectivity index (χ1) is 12.6. The fourth-order valence-electron chi connectivity index (χ4n) is 3.44. The van der Waals surface area contributed by atoms with E-state index in [0.29, 0.717) is 18.5 Å². The van der Waals surface area contributed by atoms with Crippen molar-refractivity contribution in [2.24, 2.45) is 0 Å². The molecule has 2 aromatic carbocycles. The van der Waals surface area contributed by atoms with Crippen LogP contribution in [0.5, 0.6) is 0 Å². The zero-order valence-electron chi connectivity index (χ0n) is 15.0. The Morgan fingerprint density at radius 1 is 1.12 bits per heavy atom. The van der Waals surface area contributed by atoms with Crippen molar-refractivity contribution in [2.75, 3.05) is 18.0 Å². The number of hydrogen-bond donors (Lipinski definition) is 1. The second-order valence-corrected chi connectivity index (χ2v) is 6.54. The summed E-state index contributed by atoms with van der Waals surface area (Å²) in [6.45, 7) is 4.27. The van der Waals surface area contributed by atoms with E-state index in [1.807, 2.05) is 30.3 Å². The molecule has 0 radical (unpaired) electrons. The highest BCUT2D eigenvalue weighted by Crippen LogP contribution is 2.23. The van der Waals surface area contributed by atoms with Gasteiger partial charge in [0.15, 0.2) is 0 Å². The second-order valence-electron chi connectivity index (χ2n) is 6.54. The molecule has 1 saturated heterocycles. The Kier molecular flexibility index (Phi) is 5.56. The predicted molar refractivity (Wildman–Crippen MR) is 101 cm³/mol. The van der Waals surface area contributed by atoms with Gasteiger partial charge in [0, 0.05) is 30.9 Å². The average Bonchev–Trinajstić information content (AvgIpc) is 3.17. The summed E-state index contributed by atoms with van der Waals surface area (Å²) in [5, 5.41) is 9.27. The van der Waals surface area contributed by atoms with Crippen LogP contribution in [0.1, 0.15) is 35.7 Å². The van der Waals surface area contributed by atoms with Crippen molar-refractivity contribution in [1.29, 1.82) is 0 Å². The monoisotopic (exact) mass is 352 g/mol. The maximum atomic E-state index is 12.7. The molecule has 26 heavy (non-hydrogen) atoms. The normalized spacial score (nSPS) is 16.5. The van der Waals surface area contributed by atoms with Crippen molar-refractivity contribution in [1.82, 2.24) is 4.90 Å². The molecule has 0 spiro atoms. The fraction of sp³-hybridized carbons (Fsp3) is 0.333. The number of rotatable bonds is 6. The van der Waals surface area contributed by atoms with Gasteiger partial charge in [0.25, 0.3) is 5.91 Å². The minimum Gasteiger partial charge on any atom is -0.480 e. The van der Waals surface area contributed by atoms with Gasteiger partial charge in [-0.05, 0) is 49.6 Å². The van der Waals surface area contributed by atoms with Gasteiger partial charge in [-0.1, -0.05) is 30.3 Å².